The van der Waals surface area contributed by atoms with Gasteiger partial charge >= 0.3 is 5.97 Å². The van der Waals surface area contributed by atoms with Crippen molar-refractivity contribution in [2.45, 2.75) is 38.0 Å². The summed E-state index contributed by atoms with van der Waals surface area (Å²) in [6.07, 6.45) is -0.923. The number of carbonyl (C=O) groups is 3. The Balaban J connectivity index is 1.99. The molecule has 0 aromatic carbocycles. The van der Waals surface area contributed by atoms with Crippen LogP contribution in [0, 0.1) is 0 Å². The van der Waals surface area contributed by atoms with Crippen molar-refractivity contribution in [1.82, 2.24) is 10.2 Å². The highest BCUT2D eigenvalue weighted by molar-refractivity contribution is 5.90. The Bertz CT molecular complexity index is 384. The first-order chi connectivity index (χ1) is 8.50. The molecule has 2 rings (SSSR count). The van der Waals surface area contributed by atoms with Crippen LogP contribution >= 0.6 is 0 Å². The second kappa shape index (κ2) is 4.93. The van der Waals surface area contributed by atoms with E-state index in [0.717, 1.165) is 0 Å². The zero-order chi connectivity index (χ0) is 13.3. The monoisotopic (exact) mass is 256 g/mol. The number of piperazine rings is 1. The van der Waals surface area contributed by atoms with Crippen LogP contribution in [-0.4, -0.2) is 59.1 Å². The summed E-state index contributed by atoms with van der Waals surface area (Å²) in [6.45, 7) is 2.50. The van der Waals surface area contributed by atoms with Crippen LogP contribution in [0.4, 0.5) is 0 Å². The predicted molar refractivity (Wildman–Crippen MR) is 59.7 cm³/mol. The SMILES string of the molecule is CC1C(=O)NCCN1C(=O)C1CCC(C(=O)O)O1. The highest BCUT2D eigenvalue weighted by atomic mass is 16.5. The molecule has 2 heterocycles. The molecule has 3 atom stereocenters. The van der Waals surface area contributed by atoms with Crippen molar-refractivity contribution in [1.29, 1.82) is 0 Å². The van der Waals surface area contributed by atoms with Crippen LogP contribution in [0.15, 0.2) is 0 Å². The molecular weight excluding hydrogens is 240 g/mol. The molecule has 2 saturated heterocycles. The summed E-state index contributed by atoms with van der Waals surface area (Å²) in [5.41, 5.74) is 0. The van der Waals surface area contributed by atoms with E-state index >= 15 is 0 Å². The highest BCUT2D eigenvalue weighted by Crippen LogP contribution is 2.22. The Labute approximate surface area is 104 Å². The first-order valence-electron chi connectivity index (χ1n) is 5.97. The average Bonchev–Trinajstić information content (AvgIpc) is 2.81. The van der Waals surface area contributed by atoms with E-state index in [-0.39, 0.29) is 11.8 Å². The van der Waals surface area contributed by atoms with Gasteiger partial charge in [0.15, 0.2) is 6.10 Å². The van der Waals surface area contributed by atoms with E-state index in [1.54, 1.807) is 6.92 Å². The predicted octanol–water partition coefficient (Wildman–Crippen LogP) is -1.03. The fraction of sp³-hybridized carbons (Fsp3) is 0.727. The number of hydrogen-bond donors (Lipinski definition) is 2. The minimum Gasteiger partial charge on any atom is -0.479 e. The third kappa shape index (κ3) is 2.31. The van der Waals surface area contributed by atoms with E-state index in [0.29, 0.717) is 25.9 Å². The number of nitrogens with zero attached hydrogens (tertiary/aromatic N) is 1. The fourth-order valence-corrected chi connectivity index (χ4v) is 2.27. The van der Waals surface area contributed by atoms with Crippen molar-refractivity contribution in [3.63, 3.8) is 0 Å². The Morgan fingerprint density at radius 1 is 1.39 bits per heavy atom. The van der Waals surface area contributed by atoms with Gasteiger partial charge in [-0.25, -0.2) is 4.79 Å². The van der Waals surface area contributed by atoms with E-state index < -0.39 is 24.2 Å². The van der Waals surface area contributed by atoms with Gasteiger partial charge in [-0.15, -0.1) is 0 Å². The van der Waals surface area contributed by atoms with Crippen LogP contribution in [0.5, 0.6) is 0 Å². The number of hydrogen-bond acceptors (Lipinski definition) is 4. The van der Waals surface area contributed by atoms with Gasteiger partial charge in [-0.2, -0.15) is 0 Å². The van der Waals surface area contributed by atoms with E-state index in [2.05, 4.69) is 5.32 Å². The van der Waals surface area contributed by atoms with Crippen LogP contribution in [0.3, 0.4) is 0 Å². The van der Waals surface area contributed by atoms with Gasteiger partial charge in [0, 0.05) is 13.1 Å². The van der Waals surface area contributed by atoms with Crippen molar-refractivity contribution in [3.8, 4) is 0 Å². The van der Waals surface area contributed by atoms with Crippen molar-refractivity contribution >= 4 is 17.8 Å². The van der Waals surface area contributed by atoms with Gasteiger partial charge in [-0.05, 0) is 19.8 Å². The Hall–Kier alpha value is -1.63. The third-order valence-electron chi connectivity index (χ3n) is 3.35. The lowest BCUT2D eigenvalue weighted by molar-refractivity contribution is -0.158. The van der Waals surface area contributed by atoms with Crippen molar-refractivity contribution in [3.05, 3.63) is 0 Å². The van der Waals surface area contributed by atoms with Gasteiger partial charge < -0.3 is 20.1 Å². The first kappa shape index (κ1) is 12.8. The van der Waals surface area contributed by atoms with Crippen LogP contribution in [-0.2, 0) is 19.1 Å². The quantitative estimate of drug-likeness (QED) is 0.658. The molecule has 0 spiro atoms. The third-order valence-corrected chi connectivity index (χ3v) is 3.35. The van der Waals surface area contributed by atoms with Gasteiger partial charge in [0.1, 0.15) is 12.1 Å². The number of carboxylic acid groups (broad SMARTS) is 1. The Morgan fingerprint density at radius 2 is 2.06 bits per heavy atom. The largest absolute Gasteiger partial charge is 0.479 e. The maximum atomic E-state index is 12.2. The lowest BCUT2D eigenvalue weighted by Crippen LogP contribution is -2.58. The van der Waals surface area contributed by atoms with Crippen LogP contribution in [0.25, 0.3) is 0 Å². The molecule has 2 fully saturated rings. The fourth-order valence-electron chi connectivity index (χ4n) is 2.27. The smallest absolute Gasteiger partial charge is 0.332 e. The van der Waals surface area contributed by atoms with Gasteiger partial charge in [0.05, 0.1) is 0 Å². The van der Waals surface area contributed by atoms with E-state index in [1.165, 1.54) is 4.90 Å². The topological polar surface area (TPSA) is 95.9 Å². The second-order valence-corrected chi connectivity index (χ2v) is 4.53. The van der Waals surface area contributed by atoms with E-state index in [9.17, 15) is 14.4 Å². The summed E-state index contributed by atoms with van der Waals surface area (Å²) in [5, 5.41) is 11.5. The molecule has 100 valence electrons. The molecule has 2 aliphatic heterocycles. The summed E-state index contributed by atoms with van der Waals surface area (Å²) in [4.78, 5) is 35.8. The van der Waals surface area contributed by atoms with Crippen LogP contribution in [0.2, 0.25) is 0 Å². The molecular formula is C11H16N2O5. The van der Waals surface area contributed by atoms with Crippen molar-refractivity contribution in [2.24, 2.45) is 0 Å². The van der Waals surface area contributed by atoms with Gasteiger partial charge in [0.25, 0.3) is 5.91 Å². The number of ether oxygens (including phenoxy) is 1. The summed E-state index contributed by atoms with van der Waals surface area (Å²) < 4.78 is 5.20. The van der Waals surface area contributed by atoms with Crippen LogP contribution < -0.4 is 5.32 Å². The molecule has 0 saturated carbocycles. The normalized spacial score (nSPS) is 32.2. The summed E-state index contributed by atoms with van der Waals surface area (Å²) in [5.74, 6) is -1.53. The lowest BCUT2D eigenvalue weighted by atomic mass is 10.1. The molecule has 3 unspecified atom stereocenters. The summed E-state index contributed by atoms with van der Waals surface area (Å²) in [6, 6.07) is -0.529. The standard InChI is InChI=1S/C11H16N2O5/c1-6-9(14)12-4-5-13(6)10(15)7-2-3-8(18-7)11(16)17/h6-8H,2-5H2,1H3,(H,12,14)(H,16,17). The zero-order valence-electron chi connectivity index (χ0n) is 10.1. The number of nitrogens with one attached hydrogen (secondary N) is 1. The summed E-state index contributed by atoms with van der Waals surface area (Å²) in [7, 11) is 0. The summed E-state index contributed by atoms with van der Waals surface area (Å²) >= 11 is 0. The average molecular weight is 256 g/mol. The van der Waals surface area contributed by atoms with Gasteiger partial charge in [-0.3, -0.25) is 9.59 Å². The Morgan fingerprint density at radius 3 is 2.67 bits per heavy atom. The van der Waals surface area contributed by atoms with Crippen molar-refractivity contribution in [2.75, 3.05) is 13.1 Å². The molecule has 2 N–H and O–H groups in total. The van der Waals surface area contributed by atoms with Gasteiger partial charge in [-0.1, -0.05) is 0 Å². The molecule has 0 bridgehead atoms. The van der Waals surface area contributed by atoms with Crippen LogP contribution in [0.1, 0.15) is 19.8 Å². The molecule has 0 radical (unpaired) electrons. The zero-order valence-corrected chi connectivity index (χ0v) is 10.1. The molecule has 0 aliphatic carbocycles. The molecule has 18 heavy (non-hydrogen) atoms. The van der Waals surface area contributed by atoms with E-state index in [1.807, 2.05) is 0 Å². The number of rotatable bonds is 2. The number of carbonyl (C=O) groups excluding carboxylic acids is 2. The number of amides is 2. The second-order valence-electron chi connectivity index (χ2n) is 4.53. The molecule has 7 heteroatoms. The first-order valence-corrected chi connectivity index (χ1v) is 5.97. The molecule has 2 aliphatic rings. The molecule has 2 amide bonds. The van der Waals surface area contributed by atoms with Gasteiger partial charge in [0.2, 0.25) is 5.91 Å². The maximum Gasteiger partial charge on any atom is 0.332 e. The number of carboxylic acids is 1. The Kier molecular flexibility index (Phi) is 3.51. The molecule has 0 aromatic heterocycles. The molecule has 7 nitrogen and oxygen atoms in total. The lowest BCUT2D eigenvalue weighted by Gasteiger charge is -2.34. The minimum absolute atomic E-state index is 0.192. The van der Waals surface area contributed by atoms with E-state index in [4.69, 9.17) is 9.84 Å². The minimum atomic E-state index is -1.05. The highest BCUT2D eigenvalue weighted by Gasteiger charge is 2.39. The maximum absolute atomic E-state index is 12.2. The molecule has 0 aromatic rings. The van der Waals surface area contributed by atoms with Crippen molar-refractivity contribution < 1.29 is 24.2 Å². The number of aliphatic carboxylic acids is 1.